The Kier molecular flexibility index (Phi) is 5.49. The summed E-state index contributed by atoms with van der Waals surface area (Å²) in [6.45, 7) is 2.19. The SMILES string of the molecule is CCCCc1ccc(NC(=O)c2cc(-c3cccs3)nc3ccccc23)cc1. The Morgan fingerprint density at radius 3 is 2.61 bits per heavy atom. The fourth-order valence-corrected chi connectivity index (χ4v) is 3.93. The number of anilines is 1. The largest absolute Gasteiger partial charge is 0.322 e. The van der Waals surface area contributed by atoms with Crippen molar-refractivity contribution in [2.75, 3.05) is 5.32 Å². The highest BCUT2D eigenvalue weighted by molar-refractivity contribution is 7.13. The Hall–Kier alpha value is -2.98. The molecule has 0 spiro atoms. The fourth-order valence-electron chi connectivity index (χ4n) is 3.25. The molecular formula is C24H22N2OS. The molecule has 0 aliphatic heterocycles. The molecule has 28 heavy (non-hydrogen) atoms. The summed E-state index contributed by atoms with van der Waals surface area (Å²) in [5.74, 6) is -0.113. The van der Waals surface area contributed by atoms with Crippen LogP contribution in [-0.4, -0.2) is 10.9 Å². The topological polar surface area (TPSA) is 42.0 Å². The third-order valence-electron chi connectivity index (χ3n) is 4.77. The van der Waals surface area contributed by atoms with Gasteiger partial charge in [0.15, 0.2) is 0 Å². The van der Waals surface area contributed by atoms with Crippen molar-refractivity contribution in [1.29, 1.82) is 0 Å². The second-order valence-electron chi connectivity index (χ2n) is 6.80. The van der Waals surface area contributed by atoms with Crippen LogP contribution in [0.15, 0.2) is 72.1 Å². The second-order valence-corrected chi connectivity index (χ2v) is 7.75. The number of fused-ring (bicyclic) bond motifs is 1. The summed E-state index contributed by atoms with van der Waals surface area (Å²) in [5, 5.41) is 5.92. The number of thiophene rings is 1. The van der Waals surface area contributed by atoms with Crippen molar-refractivity contribution in [2.45, 2.75) is 26.2 Å². The van der Waals surface area contributed by atoms with Gasteiger partial charge in [0, 0.05) is 11.1 Å². The number of carbonyl (C=O) groups is 1. The molecule has 0 radical (unpaired) electrons. The lowest BCUT2D eigenvalue weighted by molar-refractivity contribution is 0.102. The van der Waals surface area contributed by atoms with Crippen LogP contribution in [-0.2, 0) is 6.42 Å². The van der Waals surface area contributed by atoms with E-state index < -0.39 is 0 Å². The molecule has 0 fully saturated rings. The number of amides is 1. The number of para-hydroxylation sites is 1. The van der Waals surface area contributed by atoms with Gasteiger partial charge < -0.3 is 5.32 Å². The van der Waals surface area contributed by atoms with Gasteiger partial charge in [0.25, 0.3) is 5.91 Å². The van der Waals surface area contributed by atoms with Crippen LogP contribution in [0.25, 0.3) is 21.5 Å². The van der Waals surface area contributed by atoms with Crippen molar-refractivity contribution < 1.29 is 4.79 Å². The number of aryl methyl sites for hydroxylation is 1. The predicted octanol–water partition coefficient (Wildman–Crippen LogP) is 6.56. The molecular weight excluding hydrogens is 364 g/mol. The normalized spacial score (nSPS) is 10.9. The minimum Gasteiger partial charge on any atom is -0.322 e. The molecule has 0 atom stereocenters. The predicted molar refractivity (Wildman–Crippen MR) is 118 cm³/mol. The Labute approximate surface area is 169 Å². The second kappa shape index (κ2) is 8.36. The molecule has 0 aliphatic carbocycles. The van der Waals surface area contributed by atoms with Crippen LogP contribution >= 0.6 is 11.3 Å². The number of nitrogens with one attached hydrogen (secondary N) is 1. The number of rotatable bonds is 6. The molecule has 3 nitrogen and oxygen atoms in total. The standard InChI is InChI=1S/C24H22N2OS/c1-2-3-7-17-11-13-18(14-12-17)25-24(27)20-16-22(23-10-6-15-28-23)26-21-9-5-4-8-19(20)21/h4-6,8-16H,2-3,7H2,1H3,(H,25,27). The third-order valence-corrected chi connectivity index (χ3v) is 5.66. The van der Waals surface area contributed by atoms with E-state index in [1.165, 1.54) is 18.4 Å². The van der Waals surface area contributed by atoms with Crippen LogP contribution in [0.5, 0.6) is 0 Å². The van der Waals surface area contributed by atoms with E-state index >= 15 is 0 Å². The maximum atomic E-state index is 13.1. The number of aromatic nitrogens is 1. The average Bonchev–Trinajstić information content (AvgIpc) is 3.27. The van der Waals surface area contributed by atoms with Gasteiger partial charge in [-0.25, -0.2) is 4.98 Å². The first-order valence-corrected chi connectivity index (χ1v) is 10.5. The van der Waals surface area contributed by atoms with Crippen molar-refractivity contribution in [3.8, 4) is 10.6 Å². The maximum Gasteiger partial charge on any atom is 0.256 e. The molecule has 2 aromatic heterocycles. The first-order chi connectivity index (χ1) is 13.7. The van der Waals surface area contributed by atoms with Crippen molar-refractivity contribution >= 4 is 33.8 Å². The Balaban J connectivity index is 1.65. The van der Waals surface area contributed by atoms with Crippen molar-refractivity contribution in [3.63, 3.8) is 0 Å². The van der Waals surface area contributed by atoms with Crippen molar-refractivity contribution in [2.24, 2.45) is 0 Å². The van der Waals surface area contributed by atoms with Gasteiger partial charge in [-0.3, -0.25) is 4.79 Å². The van der Waals surface area contributed by atoms with Gasteiger partial charge >= 0.3 is 0 Å². The van der Waals surface area contributed by atoms with Gasteiger partial charge in [-0.05, 0) is 54.1 Å². The van der Waals surface area contributed by atoms with Crippen LogP contribution in [0.2, 0.25) is 0 Å². The Morgan fingerprint density at radius 1 is 1.04 bits per heavy atom. The van der Waals surface area contributed by atoms with Crippen LogP contribution < -0.4 is 5.32 Å². The lowest BCUT2D eigenvalue weighted by Gasteiger charge is -2.10. The van der Waals surface area contributed by atoms with E-state index in [2.05, 4.69) is 24.4 Å². The zero-order valence-electron chi connectivity index (χ0n) is 15.8. The number of carbonyl (C=O) groups excluding carboxylic acids is 1. The smallest absolute Gasteiger partial charge is 0.256 e. The summed E-state index contributed by atoms with van der Waals surface area (Å²) < 4.78 is 0. The van der Waals surface area contributed by atoms with E-state index in [4.69, 9.17) is 4.98 Å². The van der Waals surface area contributed by atoms with Crippen molar-refractivity contribution in [1.82, 2.24) is 4.98 Å². The van der Waals surface area contributed by atoms with Gasteiger partial charge in [-0.15, -0.1) is 11.3 Å². The van der Waals surface area contributed by atoms with Crippen LogP contribution in [0.1, 0.15) is 35.7 Å². The van der Waals surface area contributed by atoms with E-state index in [9.17, 15) is 4.79 Å². The molecule has 0 bridgehead atoms. The summed E-state index contributed by atoms with van der Waals surface area (Å²) in [4.78, 5) is 18.9. The summed E-state index contributed by atoms with van der Waals surface area (Å²) in [7, 11) is 0. The number of hydrogen-bond acceptors (Lipinski definition) is 3. The van der Waals surface area contributed by atoms with Gasteiger partial charge in [-0.2, -0.15) is 0 Å². The number of nitrogens with zero attached hydrogens (tertiary/aromatic N) is 1. The number of unbranched alkanes of at least 4 members (excludes halogenated alkanes) is 1. The molecule has 0 saturated heterocycles. The molecule has 4 heteroatoms. The van der Waals surface area contributed by atoms with Crippen molar-refractivity contribution in [3.05, 3.63) is 83.2 Å². The number of hydrogen-bond donors (Lipinski definition) is 1. The molecule has 1 N–H and O–H groups in total. The maximum absolute atomic E-state index is 13.1. The van der Waals surface area contributed by atoms with Gasteiger partial charge in [0.2, 0.25) is 0 Å². The molecule has 2 heterocycles. The van der Waals surface area contributed by atoms with E-state index in [0.29, 0.717) is 5.56 Å². The summed E-state index contributed by atoms with van der Waals surface area (Å²) in [5.41, 5.74) is 4.41. The molecule has 0 aliphatic rings. The molecule has 2 aromatic carbocycles. The molecule has 0 saturated carbocycles. The molecule has 140 valence electrons. The first kappa shape index (κ1) is 18.4. The zero-order valence-corrected chi connectivity index (χ0v) is 16.6. The number of pyridine rings is 1. The Bertz CT molecular complexity index is 1090. The molecule has 1 amide bonds. The van der Waals surface area contributed by atoms with Crippen LogP contribution in [0.3, 0.4) is 0 Å². The Morgan fingerprint density at radius 2 is 1.86 bits per heavy atom. The quantitative estimate of drug-likeness (QED) is 0.408. The third kappa shape index (κ3) is 3.97. The summed E-state index contributed by atoms with van der Waals surface area (Å²) in [6, 6.07) is 21.8. The lowest BCUT2D eigenvalue weighted by Crippen LogP contribution is -2.13. The zero-order chi connectivity index (χ0) is 19.3. The molecule has 4 rings (SSSR count). The van der Waals surface area contributed by atoms with E-state index in [1.807, 2.05) is 60.0 Å². The number of benzene rings is 2. The lowest BCUT2D eigenvalue weighted by atomic mass is 10.1. The van der Waals surface area contributed by atoms with Crippen LogP contribution in [0.4, 0.5) is 5.69 Å². The van der Waals surface area contributed by atoms with Crippen LogP contribution in [0, 0.1) is 0 Å². The van der Waals surface area contributed by atoms with E-state index in [1.54, 1.807) is 11.3 Å². The fraction of sp³-hybridized carbons (Fsp3) is 0.167. The van der Waals surface area contributed by atoms with E-state index in [0.717, 1.165) is 33.6 Å². The molecule has 4 aromatic rings. The van der Waals surface area contributed by atoms with Gasteiger partial charge in [0.05, 0.1) is 21.7 Å². The summed E-state index contributed by atoms with van der Waals surface area (Å²) >= 11 is 1.62. The van der Waals surface area contributed by atoms with Gasteiger partial charge in [-0.1, -0.05) is 49.7 Å². The average molecular weight is 387 g/mol. The minimum atomic E-state index is -0.113. The van der Waals surface area contributed by atoms with Gasteiger partial charge in [0.1, 0.15) is 0 Å². The highest BCUT2D eigenvalue weighted by atomic mass is 32.1. The highest BCUT2D eigenvalue weighted by Gasteiger charge is 2.14. The monoisotopic (exact) mass is 386 g/mol. The van der Waals surface area contributed by atoms with E-state index in [-0.39, 0.29) is 5.91 Å². The highest BCUT2D eigenvalue weighted by Crippen LogP contribution is 2.28. The first-order valence-electron chi connectivity index (χ1n) is 9.58. The minimum absolute atomic E-state index is 0.113. The summed E-state index contributed by atoms with van der Waals surface area (Å²) in [6.07, 6.45) is 3.43. The molecule has 0 unspecified atom stereocenters.